The van der Waals surface area contributed by atoms with Crippen molar-refractivity contribution in [2.75, 3.05) is 0 Å². The molecule has 2 aliphatic heterocycles. The van der Waals surface area contributed by atoms with E-state index in [4.69, 9.17) is 18.9 Å². The number of hydrogen-bond donors (Lipinski definition) is 1. The first-order chi connectivity index (χ1) is 19.1. The van der Waals surface area contributed by atoms with E-state index in [0.717, 1.165) is 11.1 Å². The van der Waals surface area contributed by atoms with Crippen LogP contribution in [-0.2, 0) is 15.9 Å². The van der Waals surface area contributed by atoms with Crippen molar-refractivity contribution in [3.63, 3.8) is 0 Å². The monoisotopic (exact) mass is 538 g/mol. The van der Waals surface area contributed by atoms with Crippen LogP contribution in [0, 0.1) is 6.92 Å². The summed E-state index contributed by atoms with van der Waals surface area (Å²) in [7, 11) is 0. The lowest BCUT2D eigenvalue weighted by Gasteiger charge is -2.24. The molecule has 0 radical (unpaired) electrons. The average molecular weight is 539 g/mol. The molecule has 0 aliphatic carbocycles. The molecule has 0 saturated heterocycles. The van der Waals surface area contributed by atoms with Crippen LogP contribution in [-0.4, -0.2) is 23.0 Å². The number of hydrogen-bond acceptors (Lipinski definition) is 8. The first-order valence-electron chi connectivity index (χ1n) is 12.5. The quantitative estimate of drug-likeness (QED) is 0.189. The van der Waals surface area contributed by atoms with E-state index in [0.29, 0.717) is 51.7 Å². The Morgan fingerprint density at radius 1 is 0.975 bits per heavy atom. The molecular weight excluding hydrogens is 512 g/mol. The van der Waals surface area contributed by atoms with Crippen molar-refractivity contribution in [1.29, 1.82) is 0 Å². The van der Waals surface area contributed by atoms with Gasteiger partial charge in [0.05, 0.1) is 16.7 Å². The Morgan fingerprint density at radius 3 is 2.30 bits per heavy atom. The number of aliphatic hydroxyl groups is 1. The second kappa shape index (κ2) is 10.3. The molecule has 0 fully saturated rings. The molecule has 5 rings (SSSR count). The highest BCUT2D eigenvalue weighted by Gasteiger charge is 2.32. The number of carbonyl (C=O) groups is 3. The highest BCUT2D eigenvalue weighted by Crippen LogP contribution is 2.46. The molecule has 202 valence electrons. The van der Waals surface area contributed by atoms with Gasteiger partial charge in [0, 0.05) is 22.3 Å². The van der Waals surface area contributed by atoms with Crippen molar-refractivity contribution in [3.8, 4) is 23.0 Å². The smallest absolute Gasteiger partial charge is 0.347 e. The highest BCUT2D eigenvalue weighted by molar-refractivity contribution is 6.14. The summed E-state index contributed by atoms with van der Waals surface area (Å²) in [5.41, 5.74) is 4.50. The molecule has 0 amide bonds. The zero-order valence-corrected chi connectivity index (χ0v) is 22.2. The summed E-state index contributed by atoms with van der Waals surface area (Å²) in [6.07, 6.45) is 4.59. The van der Waals surface area contributed by atoms with Gasteiger partial charge in [-0.15, -0.1) is 6.58 Å². The molecule has 40 heavy (non-hydrogen) atoms. The van der Waals surface area contributed by atoms with E-state index in [-0.39, 0.29) is 16.7 Å². The summed E-state index contributed by atoms with van der Waals surface area (Å²) in [5.74, 6) is -0.295. The van der Waals surface area contributed by atoms with Crippen molar-refractivity contribution in [2.45, 2.75) is 33.5 Å². The number of esters is 3. The lowest BCUT2D eigenvalue weighted by Crippen LogP contribution is -2.05. The molecule has 2 heterocycles. The topological polar surface area (TPSA) is 108 Å². The van der Waals surface area contributed by atoms with E-state index >= 15 is 0 Å². The Bertz CT molecular complexity index is 1660. The maximum atomic E-state index is 12.2. The normalized spacial score (nSPS) is 15.5. The SMILES string of the molecule is C=CCc1c(C)c(Oc2ccc3c(c2)C(=O)OC3O)c(/C=C/C)c(C(=C)C)c1Oc1ccc2c(c1)C(=O)OC2=O. The van der Waals surface area contributed by atoms with Crippen molar-refractivity contribution < 1.29 is 38.4 Å². The molecule has 0 spiro atoms. The van der Waals surface area contributed by atoms with E-state index in [9.17, 15) is 19.5 Å². The second-order valence-corrected chi connectivity index (χ2v) is 9.42. The lowest BCUT2D eigenvalue weighted by molar-refractivity contribution is -0.0548. The zero-order chi connectivity index (χ0) is 28.7. The Morgan fingerprint density at radius 2 is 1.62 bits per heavy atom. The molecule has 0 bridgehead atoms. The van der Waals surface area contributed by atoms with Crippen LogP contribution in [0.4, 0.5) is 0 Å². The molecule has 0 saturated carbocycles. The first kappa shape index (κ1) is 26.6. The molecule has 2 aliphatic rings. The third kappa shape index (κ3) is 4.48. The third-order valence-electron chi connectivity index (χ3n) is 6.70. The largest absolute Gasteiger partial charge is 0.456 e. The summed E-state index contributed by atoms with van der Waals surface area (Å²) < 4.78 is 22.4. The lowest BCUT2D eigenvalue weighted by atomic mass is 9.90. The van der Waals surface area contributed by atoms with Crippen molar-refractivity contribution in [1.82, 2.24) is 0 Å². The van der Waals surface area contributed by atoms with E-state index in [1.165, 1.54) is 18.2 Å². The van der Waals surface area contributed by atoms with E-state index in [2.05, 4.69) is 13.2 Å². The Hall–Kier alpha value is -4.95. The van der Waals surface area contributed by atoms with E-state index in [1.807, 2.05) is 32.9 Å². The highest BCUT2D eigenvalue weighted by atomic mass is 16.6. The van der Waals surface area contributed by atoms with Gasteiger partial charge in [-0.05, 0) is 74.7 Å². The fourth-order valence-corrected chi connectivity index (χ4v) is 4.86. The van der Waals surface area contributed by atoms with Crippen molar-refractivity contribution >= 4 is 29.6 Å². The number of fused-ring (bicyclic) bond motifs is 2. The van der Waals surface area contributed by atoms with E-state index < -0.39 is 24.2 Å². The van der Waals surface area contributed by atoms with Crippen molar-refractivity contribution in [3.05, 3.63) is 106 Å². The minimum absolute atomic E-state index is 0.134. The van der Waals surface area contributed by atoms with Gasteiger partial charge in [0.15, 0.2) is 0 Å². The second-order valence-electron chi connectivity index (χ2n) is 9.42. The van der Waals surface area contributed by atoms with Crippen molar-refractivity contribution in [2.24, 2.45) is 0 Å². The number of ether oxygens (including phenoxy) is 4. The zero-order valence-electron chi connectivity index (χ0n) is 22.2. The Kier molecular flexibility index (Phi) is 6.87. The predicted octanol–water partition coefficient (Wildman–Crippen LogP) is 6.85. The minimum Gasteiger partial charge on any atom is -0.456 e. The van der Waals surface area contributed by atoms with Crippen LogP contribution in [0.25, 0.3) is 11.6 Å². The standard InChI is InChI=1S/C32H26O8/c1-6-8-20-17(5)27(37-18-10-12-21-24(14-18)31(35)39-29(21)33)23(9-7-2)26(16(3)4)28(20)38-19-11-13-22-25(15-19)32(36)40-30(22)34/h6-7,9-15,29,33H,1,3,8H2,2,4-5H3/b9-7+. The summed E-state index contributed by atoms with van der Waals surface area (Å²) >= 11 is 0. The van der Waals surface area contributed by atoms with Gasteiger partial charge in [-0.2, -0.15) is 0 Å². The van der Waals surface area contributed by atoms with Crippen LogP contribution >= 0.6 is 0 Å². The third-order valence-corrected chi connectivity index (χ3v) is 6.70. The predicted molar refractivity (Wildman–Crippen MR) is 148 cm³/mol. The minimum atomic E-state index is -1.30. The number of carbonyl (C=O) groups excluding carboxylic acids is 3. The number of benzene rings is 3. The van der Waals surface area contributed by atoms with Crippen LogP contribution in [0.15, 0.2) is 61.7 Å². The Labute approximate surface area is 230 Å². The molecule has 1 unspecified atom stereocenters. The van der Waals surface area contributed by atoms with Gasteiger partial charge in [0.2, 0.25) is 6.29 Å². The van der Waals surface area contributed by atoms with Gasteiger partial charge in [-0.3, -0.25) is 0 Å². The maximum Gasteiger partial charge on any atom is 0.347 e. The van der Waals surface area contributed by atoms with Gasteiger partial charge < -0.3 is 24.1 Å². The number of rotatable bonds is 8. The molecule has 1 atom stereocenters. The van der Waals surface area contributed by atoms with E-state index in [1.54, 1.807) is 24.3 Å². The van der Waals surface area contributed by atoms with Crippen LogP contribution in [0.5, 0.6) is 23.0 Å². The molecule has 0 aromatic heterocycles. The molecule has 3 aromatic carbocycles. The first-order valence-corrected chi connectivity index (χ1v) is 12.5. The van der Waals surface area contributed by atoms with Gasteiger partial charge >= 0.3 is 17.9 Å². The number of aliphatic hydroxyl groups excluding tert-OH is 1. The molecule has 3 aromatic rings. The van der Waals surface area contributed by atoms with Gasteiger partial charge in [0.1, 0.15) is 23.0 Å². The van der Waals surface area contributed by atoms with Gasteiger partial charge in [-0.25, -0.2) is 14.4 Å². The van der Waals surface area contributed by atoms with Crippen LogP contribution in [0.2, 0.25) is 0 Å². The molecule has 8 heteroatoms. The van der Waals surface area contributed by atoms with Crippen LogP contribution in [0.1, 0.15) is 79.0 Å². The summed E-state index contributed by atoms with van der Waals surface area (Å²) in [6.45, 7) is 13.7. The van der Waals surface area contributed by atoms with Crippen LogP contribution in [0.3, 0.4) is 0 Å². The number of cyclic esters (lactones) is 3. The fraction of sp³-hybridized carbons (Fsp3) is 0.156. The number of allylic oxidation sites excluding steroid dienone is 3. The Balaban J connectivity index is 1.67. The average Bonchev–Trinajstić information content (AvgIpc) is 3.36. The summed E-state index contributed by atoms with van der Waals surface area (Å²) in [6, 6.07) is 9.37. The van der Waals surface area contributed by atoms with Gasteiger partial charge in [0.25, 0.3) is 0 Å². The fourth-order valence-electron chi connectivity index (χ4n) is 4.86. The summed E-state index contributed by atoms with van der Waals surface area (Å²) in [5, 5.41) is 9.95. The molecular formula is C32H26O8. The van der Waals surface area contributed by atoms with Gasteiger partial charge in [-0.1, -0.05) is 24.8 Å². The maximum absolute atomic E-state index is 12.2. The molecule has 8 nitrogen and oxygen atoms in total. The van der Waals surface area contributed by atoms with Crippen LogP contribution < -0.4 is 9.47 Å². The summed E-state index contributed by atoms with van der Waals surface area (Å²) in [4.78, 5) is 36.2. The molecule has 1 N–H and O–H groups in total.